The second-order valence-corrected chi connectivity index (χ2v) is 3.33. The van der Waals surface area contributed by atoms with E-state index in [-0.39, 0.29) is 5.97 Å². The first-order valence-electron chi connectivity index (χ1n) is 5.19. The van der Waals surface area contributed by atoms with Crippen LogP contribution in [0, 0.1) is 5.95 Å². The van der Waals surface area contributed by atoms with Crippen molar-refractivity contribution in [2.75, 3.05) is 6.61 Å². The Balaban J connectivity index is 2.25. The van der Waals surface area contributed by atoms with Crippen LogP contribution >= 0.6 is 0 Å². The zero-order chi connectivity index (χ0) is 12.3. The minimum absolute atomic E-state index is 0.328. The normalized spacial score (nSPS) is 10.2. The smallest absolute Gasteiger partial charge is 0.338 e. The maximum Gasteiger partial charge on any atom is 0.338 e. The molecule has 0 aliphatic heterocycles. The van der Waals surface area contributed by atoms with E-state index < -0.39 is 5.95 Å². The lowest BCUT2D eigenvalue weighted by atomic mass is 10.2. The van der Waals surface area contributed by atoms with Crippen LogP contribution in [0.3, 0.4) is 0 Å². The molecule has 1 aromatic carbocycles. The molecule has 1 aromatic heterocycles. The third-order valence-corrected chi connectivity index (χ3v) is 2.22. The van der Waals surface area contributed by atoms with Gasteiger partial charge in [0.15, 0.2) is 0 Å². The Bertz CT molecular complexity index is 520. The van der Waals surface area contributed by atoms with E-state index in [1.165, 1.54) is 12.3 Å². The molecule has 0 spiro atoms. The van der Waals surface area contributed by atoms with Crippen molar-refractivity contribution in [3.63, 3.8) is 0 Å². The highest BCUT2D eigenvalue weighted by atomic mass is 19.1. The molecule has 0 unspecified atom stereocenters. The largest absolute Gasteiger partial charge is 0.462 e. The van der Waals surface area contributed by atoms with Crippen LogP contribution < -0.4 is 0 Å². The van der Waals surface area contributed by atoms with Crippen molar-refractivity contribution in [1.82, 2.24) is 9.78 Å². The maximum atomic E-state index is 13.2. The fourth-order valence-corrected chi connectivity index (χ4v) is 1.43. The number of carbonyl (C=O) groups is 1. The van der Waals surface area contributed by atoms with Crippen molar-refractivity contribution in [2.24, 2.45) is 0 Å². The van der Waals surface area contributed by atoms with Crippen molar-refractivity contribution in [1.29, 1.82) is 0 Å². The molecule has 5 heteroatoms. The van der Waals surface area contributed by atoms with Crippen molar-refractivity contribution in [3.8, 4) is 5.69 Å². The molecule has 0 aliphatic carbocycles. The van der Waals surface area contributed by atoms with E-state index in [0.717, 1.165) is 4.68 Å². The fourth-order valence-electron chi connectivity index (χ4n) is 1.43. The zero-order valence-electron chi connectivity index (χ0n) is 9.26. The van der Waals surface area contributed by atoms with Gasteiger partial charge in [0.05, 0.1) is 24.1 Å². The molecule has 2 rings (SSSR count). The number of hydrogen-bond donors (Lipinski definition) is 0. The third-order valence-electron chi connectivity index (χ3n) is 2.22. The fraction of sp³-hybridized carbons (Fsp3) is 0.167. The topological polar surface area (TPSA) is 44.1 Å². The van der Waals surface area contributed by atoms with Crippen molar-refractivity contribution in [2.45, 2.75) is 6.92 Å². The number of halogens is 1. The van der Waals surface area contributed by atoms with Crippen LogP contribution in [0.1, 0.15) is 17.3 Å². The van der Waals surface area contributed by atoms with Gasteiger partial charge in [-0.15, -0.1) is 0 Å². The van der Waals surface area contributed by atoms with Crippen LogP contribution in [0.25, 0.3) is 5.69 Å². The summed E-state index contributed by atoms with van der Waals surface area (Å²) in [5.74, 6) is -0.839. The Kier molecular flexibility index (Phi) is 3.18. The average molecular weight is 234 g/mol. The minimum Gasteiger partial charge on any atom is -0.462 e. The number of esters is 1. The predicted octanol–water partition coefficient (Wildman–Crippen LogP) is 2.19. The Morgan fingerprint density at radius 1 is 1.35 bits per heavy atom. The third kappa shape index (κ3) is 2.33. The van der Waals surface area contributed by atoms with Crippen molar-refractivity contribution in [3.05, 3.63) is 48.0 Å². The highest BCUT2D eigenvalue weighted by Crippen LogP contribution is 2.11. The van der Waals surface area contributed by atoms with E-state index in [4.69, 9.17) is 4.74 Å². The van der Waals surface area contributed by atoms with Gasteiger partial charge in [0.2, 0.25) is 5.95 Å². The molecule has 0 radical (unpaired) electrons. The van der Waals surface area contributed by atoms with Gasteiger partial charge in [-0.05, 0) is 31.2 Å². The molecule has 17 heavy (non-hydrogen) atoms. The molecule has 0 bridgehead atoms. The van der Waals surface area contributed by atoms with E-state index in [1.54, 1.807) is 31.2 Å². The van der Waals surface area contributed by atoms with Gasteiger partial charge in [-0.2, -0.15) is 9.49 Å². The van der Waals surface area contributed by atoms with Gasteiger partial charge >= 0.3 is 5.97 Å². The number of aromatic nitrogens is 2. The Morgan fingerprint density at radius 3 is 2.59 bits per heavy atom. The molecule has 0 fully saturated rings. The lowest BCUT2D eigenvalue weighted by molar-refractivity contribution is 0.0526. The minimum atomic E-state index is -0.450. The molecule has 0 amide bonds. The average Bonchev–Trinajstić information content (AvgIpc) is 2.76. The van der Waals surface area contributed by atoms with Gasteiger partial charge in [0, 0.05) is 6.07 Å². The summed E-state index contributed by atoms with van der Waals surface area (Å²) in [5.41, 5.74) is 0.990. The standard InChI is InChI=1S/C12H11FN2O2/c1-2-17-12(16)9-3-5-10(6-4-9)15-11(13)7-8-14-15/h3-8H,2H2,1H3. The summed E-state index contributed by atoms with van der Waals surface area (Å²) >= 11 is 0. The number of carbonyl (C=O) groups excluding carboxylic acids is 1. The maximum absolute atomic E-state index is 13.2. The van der Waals surface area contributed by atoms with E-state index in [2.05, 4.69) is 5.10 Å². The molecular formula is C12H11FN2O2. The van der Waals surface area contributed by atoms with Crippen LogP contribution in [-0.4, -0.2) is 22.4 Å². The van der Waals surface area contributed by atoms with Crippen LogP contribution in [0.5, 0.6) is 0 Å². The monoisotopic (exact) mass is 234 g/mol. The van der Waals surface area contributed by atoms with Gasteiger partial charge in [0.25, 0.3) is 0 Å². The lowest BCUT2D eigenvalue weighted by Gasteiger charge is -2.04. The Hall–Kier alpha value is -2.17. The predicted molar refractivity (Wildman–Crippen MR) is 59.5 cm³/mol. The molecule has 0 atom stereocenters. The molecule has 4 nitrogen and oxygen atoms in total. The van der Waals surface area contributed by atoms with Gasteiger partial charge in [-0.1, -0.05) is 0 Å². The van der Waals surface area contributed by atoms with Crippen molar-refractivity contribution < 1.29 is 13.9 Å². The zero-order valence-corrected chi connectivity index (χ0v) is 9.26. The van der Waals surface area contributed by atoms with Crippen LogP contribution in [0.2, 0.25) is 0 Å². The van der Waals surface area contributed by atoms with Gasteiger partial charge in [-0.3, -0.25) is 0 Å². The SMILES string of the molecule is CCOC(=O)c1ccc(-n2nccc2F)cc1. The molecule has 2 aromatic rings. The number of rotatable bonds is 3. The first-order chi connectivity index (χ1) is 8.22. The first kappa shape index (κ1) is 11.3. The molecule has 0 N–H and O–H groups in total. The number of hydrogen-bond acceptors (Lipinski definition) is 3. The molecule has 88 valence electrons. The highest BCUT2D eigenvalue weighted by Gasteiger charge is 2.08. The molecular weight excluding hydrogens is 223 g/mol. The van der Waals surface area contributed by atoms with Gasteiger partial charge in [-0.25, -0.2) is 9.48 Å². The van der Waals surface area contributed by atoms with E-state index >= 15 is 0 Å². The first-order valence-corrected chi connectivity index (χ1v) is 5.19. The molecule has 0 saturated heterocycles. The summed E-state index contributed by atoms with van der Waals surface area (Å²) in [6, 6.07) is 7.65. The van der Waals surface area contributed by atoms with E-state index in [9.17, 15) is 9.18 Å². The van der Waals surface area contributed by atoms with Crippen LogP contribution in [0.4, 0.5) is 4.39 Å². The summed E-state index contributed by atoms with van der Waals surface area (Å²) in [5, 5.41) is 3.82. The Labute approximate surface area is 97.6 Å². The second-order valence-electron chi connectivity index (χ2n) is 3.33. The summed E-state index contributed by atoms with van der Waals surface area (Å²) < 4.78 is 19.2. The number of nitrogens with zero attached hydrogens (tertiary/aromatic N) is 2. The summed E-state index contributed by atoms with van der Waals surface area (Å²) in [7, 11) is 0. The van der Waals surface area contributed by atoms with Crippen LogP contribution in [0.15, 0.2) is 36.5 Å². The molecule has 0 aliphatic rings. The molecule has 0 saturated carbocycles. The van der Waals surface area contributed by atoms with Gasteiger partial charge < -0.3 is 4.74 Å². The number of benzene rings is 1. The Morgan fingerprint density at radius 2 is 2.06 bits per heavy atom. The summed E-state index contributed by atoms with van der Waals surface area (Å²) in [6.07, 6.45) is 1.37. The summed E-state index contributed by atoms with van der Waals surface area (Å²) in [4.78, 5) is 11.4. The highest BCUT2D eigenvalue weighted by molar-refractivity contribution is 5.89. The second kappa shape index (κ2) is 4.78. The lowest BCUT2D eigenvalue weighted by Crippen LogP contribution is -2.05. The molecule has 1 heterocycles. The van der Waals surface area contributed by atoms with E-state index in [0.29, 0.717) is 17.9 Å². The van der Waals surface area contributed by atoms with E-state index in [1.807, 2.05) is 0 Å². The quantitative estimate of drug-likeness (QED) is 0.764. The summed E-state index contributed by atoms with van der Waals surface area (Å²) in [6.45, 7) is 2.07. The van der Waals surface area contributed by atoms with Gasteiger partial charge in [0.1, 0.15) is 0 Å². The number of ether oxygens (including phenoxy) is 1. The van der Waals surface area contributed by atoms with Crippen LogP contribution in [-0.2, 0) is 4.74 Å². The van der Waals surface area contributed by atoms with Crippen molar-refractivity contribution >= 4 is 5.97 Å².